The van der Waals surface area contributed by atoms with Crippen LogP contribution in [0.4, 0.5) is 0 Å². The van der Waals surface area contributed by atoms with Crippen LogP contribution in [0.5, 0.6) is 5.75 Å². The molecule has 5 aliphatic carbocycles. The van der Waals surface area contributed by atoms with Crippen molar-refractivity contribution in [2.45, 2.75) is 108 Å². The van der Waals surface area contributed by atoms with Gasteiger partial charge in [0.1, 0.15) is 5.75 Å². The molecule has 51 heavy (non-hydrogen) atoms. The van der Waals surface area contributed by atoms with Crippen molar-refractivity contribution in [3.8, 4) is 5.75 Å². The molecule has 0 spiro atoms. The molecule has 2 aromatic rings. The van der Waals surface area contributed by atoms with Gasteiger partial charge < -0.3 is 14.2 Å². The lowest BCUT2D eigenvalue weighted by atomic mass is 9.53. The largest absolute Gasteiger partial charge is 0.496 e. The lowest BCUT2D eigenvalue weighted by Gasteiger charge is -2.48. The van der Waals surface area contributed by atoms with Crippen molar-refractivity contribution in [1.82, 2.24) is 19.1 Å². The first-order chi connectivity index (χ1) is 24.5. The maximum atomic E-state index is 15.0. The molecule has 4 atom stereocenters. The van der Waals surface area contributed by atoms with Crippen LogP contribution >= 0.6 is 0 Å². The normalized spacial score (nSPS) is 31.6. The highest BCUT2D eigenvalue weighted by Gasteiger charge is 2.70. The molecule has 10 heteroatoms. The third-order valence-corrected chi connectivity index (χ3v) is 16.2. The third-order valence-electron chi connectivity index (χ3n) is 14.5. The molecule has 4 heterocycles. The van der Waals surface area contributed by atoms with E-state index in [0.717, 1.165) is 84.1 Å². The zero-order chi connectivity index (χ0) is 35.0. The number of nitrogens with zero attached hydrogens (tertiary/aromatic N) is 3. The molecule has 0 radical (unpaired) electrons. The van der Waals surface area contributed by atoms with Crippen molar-refractivity contribution < 1.29 is 22.7 Å². The number of carbonyl (C=O) groups is 2. The minimum absolute atomic E-state index is 0.226. The van der Waals surface area contributed by atoms with E-state index in [1.54, 1.807) is 21.0 Å². The van der Waals surface area contributed by atoms with E-state index in [9.17, 15) is 13.2 Å². The molecule has 0 bridgehead atoms. The number of hydrogen-bond acceptors (Lipinski definition) is 6. The maximum absolute atomic E-state index is 15.0. The number of allylic oxidation sites excluding steroid dienone is 4. The van der Waals surface area contributed by atoms with Gasteiger partial charge in [0.25, 0.3) is 5.91 Å². The quantitative estimate of drug-likeness (QED) is 0.383. The van der Waals surface area contributed by atoms with Crippen LogP contribution in [-0.4, -0.2) is 79.2 Å². The summed E-state index contributed by atoms with van der Waals surface area (Å²) >= 11 is 0. The molecule has 2 saturated heterocycles. The Labute approximate surface area is 301 Å². The van der Waals surface area contributed by atoms with Crippen molar-refractivity contribution in [2.75, 3.05) is 33.3 Å². The second-order valence-electron chi connectivity index (χ2n) is 17.4. The Morgan fingerprint density at radius 2 is 1.71 bits per heavy atom. The molecule has 10 rings (SSSR count). The smallest absolute Gasteiger partial charge is 0.265 e. The minimum atomic E-state index is -3.81. The zero-order valence-electron chi connectivity index (χ0n) is 30.2. The standard InChI is InChI=1S/C41H50N4O5S/c1-24(2)51(48,49)42-38(46)36-31-19-45-32(18-30-33(50-3)15-14-27(37(30)45)25-8-5-4-6-9-25)34-28(35(31)36)10-7-11-29(34)39(47)44-22-40-16-17-41(40,23-44)21-43(20-40)26-12-13-26/h7,10,14-15,18,24-26,29,34H,4-6,8-9,11-13,16-17,19-23H2,1-3H3,(H,42,46)/t29-,34-,40?,41?/m1/s1. The van der Waals surface area contributed by atoms with E-state index in [-0.39, 0.29) is 28.6 Å². The molecular weight excluding hydrogens is 661 g/mol. The summed E-state index contributed by atoms with van der Waals surface area (Å²) < 4.78 is 36.5. The molecular formula is C41H50N4O5S. The predicted octanol–water partition coefficient (Wildman–Crippen LogP) is 5.92. The molecule has 1 aromatic carbocycles. The van der Waals surface area contributed by atoms with Crippen LogP contribution in [0.15, 0.2) is 52.6 Å². The molecule has 9 nitrogen and oxygen atoms in total. The van der Waals surface area contributed by atoms with Gasteiger partial charge in [0, 0.05) is 66.6 Å². The average Bonchev–Trinajstić information content (AvgIpc) is 4.01. The highest BCUT2D eigenvalue weighted by Crippen LogP contribution is 2.67. The number of methoxy groups -OCH3 is 1. The monoisotopic (exact) mass is 710 g/mol. The van der Waals surface area contributed by atoms with Crippen LogP contribution in [0.3, 0.4) is 0 Å². The fourth-order valence-corrected chi connectivity index (χ4v) is 12.0. The molecule has 270 valence electrons. The SMILES string of the molecule is COc1ccc(C2CCCCC2)c2c1cc1n2CC2=C(C(=O)NS(=O)(=O)C(C)C)C2=C2C=CC[C@@H](C(=O)N3CC45CCC4(C3)CN(C3CC3)C5)[C@@H]21. The summed E-state index contributed by atoms with van der Waals surface area (Å²) in [5.41, 5.74) is 7.19. The van der Waals surface area contributed by atoms with Crippen LogP contribution in [0, 0.1) is 16.7 Å². The summed E-state index contributed by atoms with van der Waals surface area (Å²) in [6.07, 6.45) is 15.9. The van der Waals surface area contributed by atoms with Gasteiger partial charge in [0.15, 0.2) is 0 Å². The topological polar surface area (TPSA) is 101 Å². The number of carbonyl (C=O) groups excluding carboxylic acids is 2. The summed E-state index contributed by atoms with van der Waals surface area (Å²) in [5.74, 6) is 0.357. The van der Waals surface area contributed by atoms with Gasteiger partial charge in [0.2, 0.25) is 15.9 Å². The number of ether oxygens (including phenoxy) is 1. The number of fused-ring (bicyclic) bond motifs is 6. The summed E-state index contributed by atoms with van der Waals surface area (Å²) in [6.45, 7) is 7.59. The maximum Gasteiger partial charge on any atom is 0.265 e. The fraction of sp³-hybridized carbons (Fsp3) is 0.610. The van der Waals surface area contributed by atoms with E-state index in [4.69, 9.17) is 4.74 Å². The van der Waals surface area contributed by atoms with Crippen molar-refractivity contribution in [3.05, 3.63) is 63.9 Å². The van der Waals surface area contributed by atoms with Gasteiger partial charge in [-0.25, -0.2) is 13.1 Å². The van der Waals surface area contributed by atoms with Gasteiger partial charge in [-0.15, -0.1) is 0 Å². The summed E-state index contributed by atoms with van der Waals surface area (Å²) in [5, 5.41) is 0.328. The highest BCUT2D eigenvalue weighted by atomic mass is 32.2. The van der Waals surface area contributed by atoms with Gasteiger partial charge in [-0.3, -0.25) is 14.5 Å². The number of aromatic nitrogens is 1. The van der Waals surface area contributed by atoms with E-state index in [1.807, 2.05) is 0 Å². The van der Waals surface area contributed by atoms with Crippen molar-refractivity contribution in [1.29, 1.82) is 0 Å². The van der Waals surface area contributed by atoms with E-state index >= 15 is 4.79 Å². The van der Waals surface area contributed by atoms with Gasteiger partial charge in [0.05, 0.1) is 29.4 Å². The van der Waals surface area contributed by atoms with Crippen molar-refractivity contribution >= 4 is 32.7 Å². The first-order valence-corrected chi connectivity index (χ1v) is 21.0. The van der Waals surface area contributed by atoms with E-state index in [0.29, 0.717) is 24.5 Å². The van der Waals surface area contributed by atoms with Crippen molar-refractivity contribution in [2.24, 2.45) is 16.7 Å². The molecule has 3 saturated carbocycles. The number of rotatable bonds is 7. The second kappa shape index (κ2) is 11.1. The lowest BCUT2D eigenvalue weighted by molar-refractivity contribution is -0.135. The third kappa shape index (κ3) is 4.63. The first-order valence-electron chi connectivity index (χ1n) is 19.5. The average molecular weight is 711 g/mol. The Balaban J connectivity index is 1.09. The van der Waals surface area contributed by atoms with Gasteiger partial charge in [-0.1, -0.05) is 37.5 Å². The predicted molar refractivity (Wildman–Crippen MR) is 196 cm³/mol. The molecule has 2 amide bonds. The van der Waals surface area contributed by atoms with Crippen LogP contribution in [0.1, 0.15) is 101 Å². The molecule has 3 aliphatic heterocycles. The van der Waals surface area contributed by atoms with E-state index < -0.39 is 21.2 Å². The van der Waals surface area contributed by atoms with Crippen LogP contribution in [-0.2, 0) is 26.2 Å². The van der Waals surface area contributed by atoms with E-state index in [1.165, 1.54) is 50.5 Å². The number of hydrogen-bond donors (Lipinski definition) is 1. The number of nitrogens with one attached hydrogen (secondary N) is 1. The Morgan fingerprint density at radius 1 is 0.980 bits per heavy atom. The number of amides is 2. The molecule has 2 unspecified atom stereocenters. The lowest BCUT2D eigenvalue weighted by Crippen LogP contribution is -2.49. The van der Waals surface area contributed by atoms with Crippen LogP contribution in [0.25, 0.3) is 10.9 Å². The first kappa shape index (κ1) is 32.3. The van der Waals surface area contributed by atoms with E-state index in [2.05, 4.69) is 49.4 Å². The summed E-state index contributed by atoms with van der Waals surface area (Å²) in [7, 11) is -2.09. The molecule has 5 fully saturated rings. The zero-order valence-corrected chi connectivity index (χ0v) is 31.0. The number of likely N-dealkylation sites (tertiary alicyclic amines) is 2. The Kier molecular flexibility index (Phi) is 7.01. The highest BCUT2D eigenvalue weighted by molar-refractivity contribution is 7.90. The molecule has 1 aromatic heterocycles. The van der Waals surface area contributed by atoms with Crippen molar-refractivity contribution in [3.63, 3.8) is 0 Å². The fourth-order valence-electron chi connectivity index (χ4n) is 11.4. The van der Waals surface area contributed by atoms with Crippen LogP contribution < -0.4 is 9.46 Å². The Morgan fingerprint density at radius 3 is 2.35 bits per heavy atom. The minimum Gasteiger partial charge on any atom is -0.496 e. The molecule has 1 N–H and O–H groups in total. The van der Waals surface area contributed by atoms with Crippen LogP contribution in [0.2, 0.25) is 0 Å². The summed E-state index contributed by atoms with van der Waals surface area (Å²) in [4.78, 5) is 33.8. The number of benzene rings is 1. The Hall–Kier alpha value is -3.37. The summed E-state index contributed by atoms with van der Waals surface area (Å²) in [6, 6.07) is 7.37. The Bertz CT molecular complexity index is 2080. The van der Waals surface area contributed by atoms with Gasteiger partial charge in [-0.2, -0.15) is 0 Å². The van der Waals surface area contributed by atoms with Gasteiger partial charge in [-0.05, 0) is 99.1 Å². The second-order valence-corrected chi connectivity index (χ2v) is 19.7. The van der Waals surface area contributed by atoms with Gasteiger partial charge >= 0.3 is 0 Å². The number of sulfonamides is 1. The molecule has 8 aliphatic rings.